The summed E-state index contributed by atoms with van der Waals surface area (Å²) < 4.78 is 60.7. The molecule has 0 bridgehead atoms. The number of nitrogens with one attached hydrogen (secondary N) is 1. The number of hydrogen-bond donors (Lipinski definition) is 2. The van der Waals surface area contributed by atoms with Crippen molar-refractivity contribution in [2.75, 3.05) is 6.54 Å². The molecule has 0 aromatic heterocycles. The second kappa shape index (κ2) is 6.13. The fraction of sp³-hybridized carbons (Fsp3) is 0.889. The summed E-state index contributed by atoms with van der Waals surface area (Å²) in [5.74, 6) is -7.73. The molecule has 0 aliphatic heterocycles. The highest BCUT2D eigenvalue weighted by Crippen LogP contribution is 2.35. The van der Waals surface area contributed by atoms with E-state index >= 15 is 0 Å². The zero-order chi connectivity index (χ0) is 13.7. The van der Waals surface area contributed by atoms with E-state index in [2.05, 4.69) is 0 Å². The number of carbonyl (C=O) groups is 1. The van der Waals surface area contributed by atoms with Crippen LogP contribution in [0.4, 0.5) is 22.0 Å². The molecule has 1 amide bonds. The van der Waals surface area contributed by atoms with Crippen LogP contribution in [-0.2, 0) is 4.79 Å². The fourth-order valence-electron chi connectivity index (χ4n) is 1.10. The van der Waals surface area contributed by atoms with E-state index in [-0.39, 0.29) is 13.0 Å². The highest BCUT2D eigenvalue weighted by molar-refractivity contribution is 5.84. The van der Waals surface area contributed by atoms with Gasteiger partial charge in [-0.05, 0) is 6.42 Å². The highest BCUT2D eigenvalue weighted by Gasteiger charge is 2.63. The van der Waals surface area contributed by atoms with Gasteiger partial charge in [0.2, 0.25) is 0 Å². The summed E-state index contributed by atoms with van der Waals surface area (Å²) >= 11 is 0. The van der Waals surface area contributed by atoms with Gasteiger partial charge in [0, 0.05) is 12.6 Å². The van der Waals surface area contributed by atoms with Crippen LogP contribution in [0.5, 0.6) is 0 Å². The molecule has 1 unspecified atom stereocenters. The van der Waals surface area contributed by atoms with Crippen LogP contribution in [0, 0.1) is 0 Å². The van der Waals surface area contributed by atoms with Crippen LogP contribution in [0.15, 0.2) is 0 Å². The van der Waals surface area contributed by atoms with E-state index in [0.29, 0.717) is 6.42 Å². The Labute approximate surface area is 95.5 Å². The molecule has 0 fully saturated rings. The molecule has 0 saturated heterocycles. The normalized spacial score (nSPS) is 14.5. The minimum Gasteiger partial charge on any atom is -0.347 e. The Morgan fingerprint density at radius 1 is 1.29 bits per heavy atom. The highest BCUT2D eigenvalue weighted by atomic mass is 19.4. The van der Waals surface area contributed by atoms with Crippen molar-refractivity contribution in [3.63, 3.8) is 0 Å². The SMILES string of the molecule is CCCCC(CN)NC(=O)C(F)(F)C(F)(F)F. The van der Waals surface area contributed by atoms with E-state index in [1.54, 1.807) is 5.32 Å². The van der Waals surface area contributed by atoms with Gasteiger partial charge in [-0.3, -0.25) is 4.79 Å². The summed E-state index contributed by atoms with van der Waals surface area (Å²) in [6.45, 7) is 1.64. The van der Waals surface area contributed by atoms with Gasteiger partial charge >= 0.3 is 18.0 Å². The summed E-state index contributed by atoms with van der Waals surface area (Å²) in [4.78, 5) is 10.8. The zero-order valence-electron chi connectivity index (χ0n) is 9.28. The number of unbranched alkanes of at least 4 members (excludes halogenated alkanes) is 1. The number of nitrogens with two attached hydrogens (primary N) is 1. The molecule has 0 spiro atoms. The molecule has 8 heteroatoms. The number of alkyl halides is 5. The molecular formula is C9H15F5N2O. The molecule has 0 saturated carbocycles. The van der Waals surface area contributed by atoms with Crippen molar-refractivity contribution in [2.24, 2.45) is 5.73 Å². The molecular weight excluding hydrogens is 247 g/mol. The van der Waals surface area contributed by atoms with Crippen LogP contribution in [0.1, 0.15) is 26.2 Å². The maximum Gasteiger partial charge on any atom is 0.463 e. The lowest BCUT2D eigenvalue weighted by atomic mass is 10.1. The molecule has 0 aliphatic rings. The summed E-state index contributed by atoms with van der Waals surface area (Å²) in [7, 11) is 0. The average molecular weight is 262 g/mol. The first-order valence-electron chi connectivity index (χ1n) is 5.12. The van der Waals surface area contributed by atoms with Crippen molar-refractivity contribution < 1.29 is 26.7 Å². The van der Waals surface area contributed by atoms with Crippen molar-refractivity contribution in [1.82, 2.24) is 5.32 Å². The third-order valence-electron chi connectivity index (χ3n) is 2.17. The number of hydrogen-bond acceptors (Lipinski definition) is 2. The lowest BCUT2D eigenvalue weighted by Gasteiger charge is -2.22. The van der Waals surface area contributed by atoms with E-state index < -0.39 is 24.0 Å². The number of rotatable bonds is 6. The first-order chi connectivity index (χ1) is 7.66. The van der Waals surface area contributed by atoms with Gasteiger partial charge in [-0.1, -0.05) is 19.8 Å². The van der Waals surface area contributed by atoms with Crippen molar-refractivity contribution in [1.29, 1.82) is 0 Å². The van der Waals surface area contributed by atoms with Crippen molar-refractivity contribution in [3.8, 4) is 0 Å². The Balaban J connectivity index is 4.51. The molecule has 17 heavy (non-hydrogen) atoms. The Bertz CT molecular complexity index is 254. The first-order valence-corrected chi connectivity index (χ1v) is 5.12. The van der Waals surface area contributed by atoms with Crippen molar-refractivity contribution >= 4 is 5.91 Å². The standard InChI is InChI=1S/C9H15F5N2O/c1-2-3-4-6(5-15)16-7(17)8(10,11)9(12,13)14/h6H,2-5,15H2,1H3,(H,16,17). The number of halogens is 5. The molecule has 0 aromatic carbocycles. The second-order valence-corrected chi connectivity index (χ2v) is 3.62. The van der Waals surface area contributed by atoms with Gasteiger partial charge in [-0.2, -0.15) is 22.0 Å². The molecule has 1 atom stereocenters. The van der Waals surface area contributed by atoms with Gasteiger partial charge in [0.15, 0.2) is 0 Å². The maximum absolute atomic E-state index is 12.6. The minimum absolute atomic E-state index is 0.181. The molecule has 0 radical (unpaired) electrons. The lowest BCUT2D eigenvalue weighted by molar-refractivity contribution is -0.270. The number of carbonyl (C=O) groups excluding carboxylic acids is 1. The van der Waals surface area contributed by atoms with Crippen molar-refractivity contribution in [2.45, 2.75) is 44.3 Å². The average Bonchev–Trinajstić information content (AvgIpc) is 2.22. The summed E-state index contributed by atoms with van der Waals surface area (Å²) in [5, 5.41) is 1.61. The largest absolute Gasteiger partial charge is 0.463 e. The lowest BCUT2D eigenvalue weighted by Crippen LogP contribution is -2.54. The van der Waals surface area contributed by atoms with Crippen LogP contribution >= 0.6 is 0 Å². The first kappa shape index (κ1) is 16.1. The van der Waals surface area contributed by atoms with Crippen molar-refractivity contribution in [3.05, 3.63) is 0 Å². The third kappa shape index (κ3) is 4.45. The van der Waals surface area contributed by atoms with Gasteiger partial charge in [0.05, 0.1) is 0 Å². The van der Waals surface area contributed by atoms with Crippen LogP contribution in [0.25, 0.3) is 0 Å². The Hall–Kier alpha value is -0.920. The van der Waals surface area contributed by atoms with Crippen LogP contribution in [-0.4, -0.2) is 30.6 Å². The smallest absolute Gasteiger partial charge is 0.347 e. The third-order valence-corrected chi connectivity index (χ3v) is 2.17. The van der Waals surface area contributed by atoms with Gasteiger partial charge in [-0.25, -0.2) is 0 Å². The molecule has 3 N–H and O–H groups in total. The van der Waals surface area contributed by atoms with Gasteiger partial charge < -0.3 is 11.1 Å². The topological polar surface area (TPSA) is 55.1 Å². The van der Waals surface area contributed by atoms with Crippen LogP contribution in [0.2, 0.25) is 0 Å². The molecule has 0 aromatic rings. The summed E-state index contributed by atoms with van der Waals surface area (Å²) in [5.41, 5.74) is 5.17. The Kier molecular flexibility index (Phi) is 5.80. The predicted octanol–water partition coefficient (Wildman–Crippen LogP) is 1.82. The quantitative estimate of drug-likeness (QED) is 0.717. The Morgan fingerprint density at radius 3 is 2.18 bits per heavy atom. The molecule has 3 nitrogen and oxygen atoms in total. The van der Waals surface area contributed by atoms with E-state index in [1.165, 1.54) is 0 Å². The molecule has 0 aliphatic carbocycles. The minimum atomic E-state index is -5.89. The van der Waals surface area contributed by atoms with Gasteiger partial charge in [0.25, 0.3) is 0 Å². The second-order valence-electron chi connectivity index (χ2n) is 3.62. The monoisotopic (exact) mass is 262 g/mol. The van der Waals surface area contributed by atoms with Gasteiger partial charge in [0.1, 0.15) is 0 Å². The van der Waals surface area contributed by atoms with Gasteiger partial charge in [-0.15, -0.1) is 0 Å². The summed E-state index contributed by atoms with van der Waals surface area (Å²) in [6, 6.07) is -0.865. The van der Waals surface area contributed by atoms with E-state index in [9.17, 15) is 26.7 Å². The van der Waals surface area contributed by atoms with E-state index in [1.807, 2.05) is 6.92 Å². The Morgan fingerprint density at radius 2 is 1.82 bits per heavy atom. The maximum atomic E-state index is 12.6. The molecule has 0 rings (SSSR count). The molecule has 0 heterocycles. The molecule has 102 valence electrons. The van der Waals surface area contributed by atoms with E-state index in [0.717, 1.165) is 6.42 Å². The van der Waals surface area contributed by atoms with Crippen LogP contribution in [0.3, 0.4) is 0 Å². The fourth-order valence-corrected chi connectivity index (χ4v) is 1.10. The zero-order valence-corrected chi connectivity index (χ0v) is 9.28. The van der Waals surface area contributed by atoms with Crippen LogP contribution < -0.4 is 11.1 Å². The predicted molar refractivity (Wildman–Crippen MR) is 51.5 cm³/mol. The summed E-state index contributed by atoms with van der Waals surface area (Å²) in [6.07, 6.45) is -4.31. The number of amides is 1. The van der Waals surface area contributed by atoms with E-state index in [4.69, 9.17) is 5.73 Å².